The summed E-state index contributed by atoms with van der Waals surface area (Å²) in [4.78, 5) is 13.4. The van der Waals surface area contributed by atoms with E-state index in [0.29, 0.717) is 29.0 Å². The quantitative estimate of drug-likeness (QED) is 0.156. The minimum absolute atomic E-state index is 0.0464. The zero-order valence-corrected chi connectivity index (χ0v) is 24.7. The molecule has 3 heterocycles. The number of benzene rings is 1. The van der Waals surface area contributed by atoms with Gasteiger partial charge in [-0.2, -0.15) is 10.1 Å². The van der Waals surface area contributed by atoms with E-state index >= 15 is 0 Å². The summed E-state index contributed by atoms with van der Waals surface area (Å²) in [5.41, 5.74) is 1.24. The van der Waals surface area contributed by atoms with E-state index in [-0.39, 0.29) is 16.1 Å². The van der Waals surface area contributed by atoms with E-state index in [2.05, 4.69) is 63.7 Å². The molecule has 0 fully saturated rings. The first-order valence-corrected chi connectivity index (χ1v) is 13.6. The number of aliphatic hydroxyl groups is 1. The third kappa shape index (κ3) is 8.17. The number of pyridine rings is 1. The third-order valence-corrected chi connectivity index (χ3v) is 6.53. The summed E-state index contributed by atoms with van der Waals surface area (Å²) in [6.07, 6.45) is 6.08. The van der Waals surface area contributed by atoms with E-state index in [4.69, 9.17) is 23.2 Å². The van der Waals surface area contributed by atoms with Crippen LogP contribution in [-0.4, -0.2) is 47.5 Å². The van der Waals surface area contributed by atoms with Crippen molar-refractivity contribution in [1.29, 1.82) is 0 Å². The van der Waals surface area contributed by atoms with Crippen molar-refractivity contribution in [2.45, 2.75) is 65.6 Å². The average molecular weight is 572 g/mol. The highest BCUT2D eigenvalue weighted by atomic mass is 35.5. The summed E-state index contributed by atoms with van der Waals surface area (Å²) in [5, 5.41) is 26.6. The molecule has 1 aromatic carbocycles. The summed E-state index contributed by atoms with van der Waals surface area (Å²) in [6.45, 7) is 13.3. The van der Waals surface area contributed by atoms with Crippen LogP contribution < -0.4 is 16.0 Å². The lowest BCUT2D eigenvalue weighted by molar-refractivity contribution is 0.0578. The third-order valence-electron chi connectivity index (χ3n) is 6.02. The Labute approximate surface area is 239 Å². The van der Waals surface area contributed by atoms with Crippen molar-refractivity contribution >= 4 is 57.2 Å². The van der Waals surface area contributed by atoms with Crippen molar-refractivity contribution in [3.63, 3.8) is 0 Å². The van der Waals surface area contributed by atoms with Gasteiger partial charge in [0.2, 0.25) is 5.95 Å². The van der Waals surface area contributed by atoms with Gasteiger partial charge >= 0.3 is 0 Å². The van der Waals surface area contributed by atoms with Gasteiger partial charge in [-0.15, -0.1) is 0 Å². The van der Waals surface area contributed by atoms with Gasteiger partial charge in [0.1, 0.15) is 5.82 Å². The lowest BCUT2D eigenvalue weighted by Gasteiger charge is -2.36. The van der Waals surface area contributed by atoms with Gasteiger partial charge in [-0.25, -0.2) is 4.98 Å². The number of hydrogen-bond acceptors (Lipinski definition) is 8. The van der Waals surface area contributed by atoms with Crippen molar-refractivity contribution in [2.75, 3.05) is 22.5 Å². The van der Waals surface area contributed by atoms with Crippen LogP contribution in [0.5, 0.6) is 0 Å². The molecule has 4 N–H and O–H groups in total. The van der Waals surface area contributed by atoms with Crippen LogP contribution >= 0.6 is 23.2 Å². The Bertz CT molecular complexity index is 1450. The maximum Gasteiger partial charge on any atom is 0.229 e. The van der Waals surface area contributed by atoms with Crippen LogP contribution in [0.1, 0.15) is 48.0 Å². The molecule has 208 valence electrons. The van der Waals surface area contributed by atoms with Crippen LogP contribution in [-0.2, 0) is 6.54 Å². The molecule has 0 radical (unpaired) electrons. The van der Waals surface area contributed by atoms with Crippen LogP contribution in [0.15, 0.2) is 48.9 Å². The molecular weight excluding hydrogens is 535 g/mol. The zero-order chi connectivity index (χ0) is 28.4. The smallest absolute Gasteiger partial charge is 0.229 e. The second kappa shape index (κ2) is 11.2. The van der Waals surface area contributed by atoms with Crippen LogP contribution in [0, 0.1) is 5.41 Å². The molecule has 0 saturated carbocycles. The summed E-state index contributed by atoms with van der Waals surface area (Å²) in [5.74, 6) is 1.09. The van der Waals surface area contributed by atoms with Crippen LogP contribution in [0.25, 0.3) is 10.9 Å². The van der Waals surface area contributed by atoms with Gasteiger partial charge in [0.25, 0.3) is 0 Å². The largest absolute Gasteiger partial charge is 0.389 e. The molecule has 0 aliphatic rings. The number of hydrogen-bond donors (Lipinski definition) is 4. The Morgan fingerprint density at radius 1 is 0.949 bits per heavy atom. The minimum Gasteiger partial charge on any atom is -0.389 e. The maximum absolute atomic E-state index is 10.1. The highest BCUT2D eigenvalue weighted by molar-refractivity contribution is 6.32. The molecule has 4 rings (SSSR count). The van der Waals surface area contributed by atoms with Gasteiger partial charge in [-0.1, -0.05) is 37.0 Å². The maximum atomic E-state index is 10.1. The van der Waals surface area contributed by atoms with Gasteiger partial charge in [0.05, 0.1) is 29.5 Å². The van der Waals surface area contributed by atoms with E-state index in [9.17, 15) is 5.11 Å². The van der Waals surface area contributed by atoms with Gasteiger partial charge in [0, 0.05) is 40.6 Å². The number of rotatable bonds is 11. The molecule has 0 spiro atoms. The molecule has 0 aliphatic heterocycles. The predicted octanol–water partition coefficient (Wildman–Crippen LogP) is 6.76. The molecular formula is C28H36Cl2N8O. The van der Waals surface area contributed by atoms with Crippen LogP contribution in [0.3, 0.4) is 0 Å². The second-order valence-electron chi connectivity index (χ2n) is 12.0. The number of anilines is 4. The Hall–Kier alpha value is -3.14. The molecule has 9 nitrogen and oxygen atoms in total. The first kappa shape index (κ1) is 28.9. The molecule has 0 saturated heterocycles. The van der Waals surface area contributed by atoms with Gasteiger partial charge in [-0.05, 0) is 69.9 Å². The van der Waals surface area contributed by atoms with Gasteiger partial charge in [0.15, 0.2) is 5.15 Å². The fourth-order valence-corrected chi connectivity index (χ4v) is 5.19. The molecule has 4 aromatic rings. The van der Waals surface area contributed by atoms with E-state index in [0.717, 1.165) is 29.6 Å². The Balaban J connectivity index is 1.39. The molecule has 0 amide bonds. The van der Waals surface area contributed by atoms with Gasteiger partial charge < -0.3 is 21.1 Å². The van der Waals surface area contributed by atoms with E-state index < -0.39 is 5.60 Å². The second-order valence-corrected chi connectivity index (χ2v) is 12.8. The highest BCUT2D eigenvalue weighted by Crippen LogP contribution is 2.32. The molecule has 0 unspecified atom stereocenters. The summed E-state index contributed by atoms with van der Waals surface area (Å²) < 4.78 is 1.59. The Morgan fingerprint density at radius 2 is 1.69 bits per heavy atom. The molecule has 0 bridgehead atoms. The summed E-state index contributed by atoms with van der Waals surface area (Å²) in [7, 11) is 0. The number of nitrogens with zero attached hydrogens (tertiary/aromatic N) is 5. The first-order valence-electron chi connectivity index (χ1n) is 12.8. The fourth-order valence-electron chi connectivity index (χ4n) is 4.83. The standard InChI is InChI=1S/C28H36Cl2N8O/c1-26(2,16-33-20-9-11-31-21-13-18(29)7-8-19(20)21)15-27(3,4)36-23-10-12-32-25(35-23)34-22-14-38(37-24(22)30)17-28(5,6)39/h7-14,39H,15-17H2,1-6H3,(H,31,33)(H2,32,34,35,36). The number of fused-ring (bicyclic) bond motifs is 1. The number of halogens is 2. The highest BCUT2D eigenvalue weighted by Gasteiger charge is 2.29. The van der Waals surface area contributed by atoms with E-state index in [1.54, 1.807) is 37.1 Å². The predicted molar refractivity (Wildman–Crippen MR) is 160 cm³/mol. The summed E-state index contributed by atoms with van der Waals surface area (Å²) in [6, 6.07) is 9.59. The van der Waals surface area contributed by atoms with Crippen LogP contribution in [0.4, 0.5) is 23.1 Å². The lowest BCUT2D eigenvalue weighted by Crippen LogP contribution is -2.39. The van der Waals surface area contributed by atoms with Crippen LogP contribution in [0.2, 0.25) is 10.2 Å². The normalized spacial score (nSPS) is 12.5. The number of nitrogens with one attached hydrogen (secondary N) is 3. The monoisotopic (exact) mass is 570 g/mol. The number of aromatic nitrogens is 5. The van der Waals surface area contributed by atoms with Gasteiger partial charge in [-0.3, -0.25) is 9.67 Å². The lowest BCUT2D eigenvalue weighted by atomic mass is 9.80. The average Bonchev–Trinajstić information content (AvgIpc) is 3.13. The Morgan fingerprint density at radius 3 is 2.44 bits per heavy atom. The summed E-state index contributed by atoms with van der Waals surface area (Å²) >= 11 is 12.4. The molecule has 3 aromatic heterocycles. The minimum atomic E-state index is -0.914. The molecule has 11 heteroatoms. The SMILES string of the molecule is CC(C)(O)Cn1cc(Nc2nccc(NC(C)(C)CC(C)(C)CNc3ccnc4cc(Cl)ccc34)n2)c(Cl)n1. The van der Waals surface area contributed by atoms with Crippen molar-refractivity contribution in [2.24, 2.45) is 5.41 Å². The fraction of sp³-hybridized carbons (Fsp3) is 0.429. The zero-order valence-electron chi connectivity index (χ0n) is 23.2. The Kier molecular flexibility index (Phi) is 8.25. The van der Waals surface area contributed by atoms with Crippen molar-refractivity contribution in [3.05, 3.63) is 59.1 Å². The van der Waals surface area contributed by atoms with Crippen molar-refractivity contribution < 1.29 is 5.11 Å². The topological polar surface area (TPSA) is 113 Å². The van der Waals surface area contributed by atoms with Crippen molar-refractivity contribution in [3.8, 4) is 0 Å². The molecule has 0 atom stereocenters. The van der Waals surface area contributed by atoms with E-state index in [1.807, 2.05) is 30.3 Å². The molecule has 39 heavy (non-hydrogen) atoms. The van der Waals surface area contributed by atoms with E-state index in [1.165, 1.54) is 0 Å². The first-order chi connectivity index (χ1) is 18.2. The molecule has 0 aliphatic carbocycles. The van der Waals surface area contributed by atoms with Crippen molar-refractivity contribution in [1.82, 2.24) is 24.7 Å².